The smallest absolute Gasteiger partial charge is 0.259 e. The number of carbonyl (C=O) groups is 3. The van der Waals surface area contributed by atoms with Crippen molar-refractivity contribution in [2.24, 2.45) is 11.0 Å². The van der Waals surface area contributed by atoms with Gasteiger partial charge in [-0.25, -0.2) is 13.7 Å². The molecule has 2 aliphatic rings. The van der Waals surface area contributed by atoms with E-state index < -0.39 is 41.2 Å². The second-order valence-electron chi connectivity index (χ2n) is 5.91. The molecule has 0 saturated carbocycles. The number of fused-ring (bicyclic) bond motifs is 1. The van der Waals surface area contributed by atoms with Crippen molar-refractivity contribution in [3.8, 4) is 0 Å². The highest BCUT2D eigenvalue weighted by molar-refractivity contribution is 6.52. The third kappa shape index (κ3) is 2.38. The van der Waals surface area contributed by atoms with Crippen LogP contribution in [0.1, 0.15) is 10.4 Å². The molecule has 2 aromatic rings. The van der Waals surface area contributed by atoms with Crippen LogP contribution in [0.4, 0.5) is 14.5 Å². The molecule has 0 aromatic heterocycles. The van der Waals surface area contributed by atoms with E-state index in [0.717, 1.165) is 23.1 Å². The van der Waals surface area contributed by atoms with Gasteiger partial charge in [0.15, 0.2) is 0 Å². The lowest BCUT2D eigenvalue weighted by atomic mass is 9.93. The van der Waals surface area contributed by atoms with Crippen molar-refractivity contribution in [2.45, 2.75) is 6.04 Å². The molecule has 2 unspecified atom stereocenters. The van der Waals surface area contributed by atoms with Crippen LogP contribution in [0.25, 0.3) is 0 Å². The molecule has 0 spiro atoms. The Morgan fingerprint density at radius 2 is 1.73 bits per heavy atom. The second-order valence-corrected chi connectivity index (χ2v) is 5.91. The monoisotopic (exact) mass is 355 g/mol. The first kappa shape index (κ1) is 16.1. The summed E-state index contributed by atoms with van der Waals surface area (Å²) in [6.07, 6.45) is 0. The number of carbonyl (C=O) groups excluding carboxylic acids is 3. The number of hydrogen-bond donors (Lipinski definition) is 1. The van der Waals surface area contributed by atoms with Crippen molar-refractivity contribution in [1.29, 1.82) is 0 Å². The van der Waals surface area contributed by atoms with Crippen LogP contribution in [0.5, 0.6) is 0 Å². The number of amides is 2. The maximum absolute atomic E-state index is 13.5. The van der Waals surface area contributed by atoms with E-state index in [-0.39, 0.29) is 17.0 Å². The highest BCUT2D eigenvalue weighted by atomic mass is 19.1. The molecule has 2 amide bonds. The first-order valence-corrected chi connectivity index (χ1v) is 7.74. The molecule has 2 aromatic carbocycles. The second kappa shape index (κ2) is 5.83. The SMILES string of the molecule is O=C(C1=NNC2C(=O)N(c3cccc(F)c3)C(=O)C12)c1ccc(F)cc1. The standard InChI is InChI=1S/C18H11F2N3O3/c19-10-6-4-9(5-7-10)16(24)14-13-15(22-21-14)18(26)23(17(13)25)12-3-1-2-11(20)8-12/h1-8,13,15,22H. The number of halogens is 2. The Morgan fingerprint density at radius 1 is 1.00 bits per heavy atom. The molecule has 1 saturated heterocycles. The number of ketones is 1. The van der Waals surface area contributed by atoms with Gasteiger partial charge in [0.25, 0.3) is 5.91 Å². The van der Waals surface area contributed by atoms with Crippen molar-refractivity contribution in [3.63, 3.8) is 0 Å². The lowest BCUT2D eigenvalue weighted by Gasteiger charge is -2.15. The largest absolute Gasteiger partial charge is 0.296 e. The Kier molecular flexibility index (Phi) is 3.61. The fraction of sp³-hybridized carbons (Fsp3) is 0.111. The van der Waals surface area contributed by atoms with Crippen LogP contribution in [0.3, 0.4) is 0 Å². The quantitative estimate of drug-likeness (QED) is 0.671. The van der Waals surface area contributed by atoms with Gasteiger partial charge in [-0.1, -0.05) is 6.07 Å². The molecule has 1 fully saturated rings. The first-order valence-electron chi connectivity index (χ1n) is 7.74. The van der Waals surface area contributed by atoms with E-state index in [9.17, 15) is 23.2 Å². The number of hydrazone groups is 1. The highest BCUT2D eigenvalue weighted by Gasteiger charge is 2.55. The summed E-state index contributed by atoms with van der Waals surface area (Å²) in [4.78, 5) is 38.8. The molecule has 1 N–H and O–H groups in total. The summed E-state index contributed by atoms with van der Waals surface area (Å²) in [5.41, 5.74) is 2.62. The molecule has 4 rings (SSSR count). The van der Waals surface area contributed by atoms with Crippen molar-refractivity contribution in [1.82, 2.24) is 5.43 Å². The van der Waals surface area contributed by atoms with Gasteiger partial charge in [-0.05, 0) is 42.5 Å². The number of benzene rings is 2. The molecule has 2 atom stereocenters. The van der Waals surface area contributed by atoms with Gasteiger partial charge < -0.3 is 0 Å². The zero-order valence-electron chi connectivity index (χ0n) is 13.1. The van der Waals surface area contributed by atoms with Crippen LogP contribution < -0.4 is 10.3 Å². The van der Waals surface area contributed by atoms with Gasteiger partial charge in [0.2, 0.25) is 11.7 Å². The van der Waals surface area contributed by atoms with Crippen LogP contribution in [0, 0.1) is 17.6 Å². The number of rotatable bonds is 3. The van der Waals surface area contributed by atoms with Gasteiger partial charge in [0.1, 0.15) is 29.3 Å². The summed E-state index contributed by atoms with van der Waals surface area (Å²) in [6.45, 7) is 0. The van der Waals surface area contributed by atoms with Gasteiger partial charge in [0, 0.05) is 5.56 Å². The summed E-state index contributed by atoms with van der Waals surface area (Å²) >= 11 is 0. The van der Waals surface area contributed by atoms with E-state index in [4.69, 9.17) is 0 Å². The van der Waals surface area contributed by atoms with Gasteiger partial charge in [0.05, 0.1) is 5.69 Å². The molecule has 130 valence electrons. The normalized spacial score (nSPS) is 21.5. The van der Waals surface area contributed by atoms with Gasteiger partial charge in [-0.15, -0.1) is 0 Å². The Morgan fingerprint density at radius 3 is 2.42 bits per heavy atom. The summed E-state index contributed by atoms with van der Waals surface area (Å²) < 4.78 is 26.5. The molecule has 0 bridgehead atoms. The minimum absolute atomic E-state index is 0.0878. The van der Waals surface area contributed by atoms with Crippen molar-refractivity contribution in [3.05, 3.63) is 65.7 Å². The molecule has 6 nitrogen and oxygen atoms in total. The Balaban J connectivity index is 1.66. The van der Waals surface area contributed by atoms with Gasteiger partial charge in [-0.3, -0.25) is 19.8 Å². The third-order valence-corrected chi connectivity index (χ3v) is 4.33. The number of hydrogen-bond acceptors (Lipinski definition) is 5. The van der Waals surface area contributed by atoms with Crippen LogP contribution >= 0.6 is 0 Å². The fourth-order valence-corrected chi connectivity index (χ4v) is 3.10. The lowest BCUT2D eigenvalue weighted by Crippen LogP contribution is -2.36. The maximum Gasteiger partial charge on any atom is 0.259 e. The van der Waals surface area contributed by atoms with E-state index in [1.807, 2.05) is 0 Å². The minimum atomic E-state index is -1.11. The van der Waals surface area contributed by atoms with E-state index in [1.165, 1.54) is 30.3 Å². The van der Waals surface area contributed by atoms with E-state index in [2.05, 4.69) is 10.5 Å². The van der Waals surface area contributed by atoms with Crippen LogP contribution in [-0.4, -0.2) is 29.4 Å². The van der Waals surface area contributed by atoms with Crippen LogP contribution in [0.15, 0.2) is 53.6 Å². The zero-order chi connectivity index (χ0) is 18.4. The van der Waals surface area contributed by atoms with Crippen LogP contribution in [-0.2, 0) is 9.59 Å². The van der Waals surface area contributed by atoms with E-state index in [0.29, 0.717) is 0 Å². The maximum atomic E-state index is 13.5. The molecule has 2 aliphatic heterocycles. The van der Waals surface area contributed by atoms with Gasteiger partial charge in [-0.2, -0.15) is 5.10 Å². The van der Waals surface area contributed by atoms with Gasteiger partial charge >= 0.3 is 0 Å². The van der Waals surface area contributed by atoms with E-state index in [1.54, 1.807) is 0 Å². The highest BCUT2D eigenvalue weighted by Crippen LogP contribution is 2.31. The van der Waals surface area contributed by atoms with Crippen molar-refractivity contribution < 1.29 is 23.2 Å². The predicted octanol–water partition coefficient (Wildman–Crippen LogP) is 1.66. The first-order chi connectivity index (χ1) is 12.5. The number of nitrogens with zero attached hydrogens (tertiary/aromatic N) is 2. The van der Waals surface area contributed by atoms with E-state index >= 15 is 0 Å². The minimum Gasteiger partial charge on any atom is -0.296 e. The lowest BCUT2D eigenvalue weighted by molar-refractivity contribution is -0.122. The average Bonchev–Trinajstić information content (AvgIpc) is 3.16. The van der Waals surface area contributed by atoms with Crippen molar-refractivity contribution in [2.75, 3.05) is 4.90 Å². The summed E-state index contributed by atoms with van der Waals surface area (Å²) in [6, 6.07) is 8.84. The fourth-order valence-electron chi connectivity index (χ4n) is 3.10. The third-order valence-electron chi connectivity index (χ3n) is 4.33. The number of nitrogens with one attached hydrogen (secondary N) is 1. The van der Waals surface area contributed by atoms with Crippen molar-refractivity contribution >= 4 is 29.0 Å². The molecule has 0 aliphatic carbocycles. The molecular formula is C18H11F2N3O3. The Labute approximate surface area is 146 Å². The molecular weight excluding hydrogens is 344 g/mol. The topological polar surface area (TPSA) is 78.8 Å². The predicted molar refractivity (Wildman–Crippen MR) is 87.5 cm³/mol. The average molecular weight is 355 g/mol. The molecule has 2 heterocycles. The molecule has 8 heteroatoms. The van der Waals surface area contributed by atoms with Crippen LogP contribution in [0.2, 0.25) is 0 Å². The number of imide groups is 1. The summed E-state index contributed by atoms with van der Waals surface area (Å²) in [5.74, 6) is -4.06. The Bertz CT molecular complexity index is 972. The summed E-state index contributed by atoms with van der Waals surface area (Å²) in [7, 11) is 0. The zero-order valence-corrected chi connectivity index (χ0v) is 13.1. The summed E-state index contributed by atoms with van der Waals surface area (Å²) in [5, 5.41) is 3.85. The molecule has 26 heavy (non-hydrogen) atoms. The number of anilines is 1. The Hall–Kier alpha value is -3.42. The molecule has 0 radical (unpaired) electrons. The number of Topliss-reactive ketones (excluding diaryl/α,β-unsaturated/α-hetero) is 1.